The van der Waals surface area contributed by atoms with Crippen molar-refractivity contribution in [2.45, 2.75) is 31.5 Å². The van der Waals surface area contributed by atoms with Crippen molar-refractivity contribution >= 4 is 12.1 Å². The quantitative estimate of drug-likeness (QED) is 0.772. The lowest BCUT2D eigenvalue weighted by Crippen LogP contribution is -2.38. The van der Waals surface area contributed by atoms with Gasteiger partial charge in [0.05, 0.1) is 7.11 Å². The number of likely N-dealkylation sites (tertiary alicyclic amines) is 1. The zero-order valence-electron chi connectivity index (χ0n) is 13.5. The zero-order chi connectivity index (χ0) is 16.4. The molecule has 0 spiro atoms. The largest absolute Gasteiger partial charge is 0.468 e. The average molecular weight is 318 g/mol. The molecule has 0 aliphatic carbocycles. The predicted molar refractivity (Wildman–Crippen MR) is 83.9 cm³/mol. The molecular formula is C17H22N2O4. The molecule has 1 fully saturated rings. The van der Waals surface area contributed by atoms with E-state index in [9.17, 15) is 9.59 Å². The lowest BCUT2D eigenvalue weighted by atomic mass is 10.0. The number of hydrogen-bond donors (Lipinski definition) is 0. The fourth-order valence-electron chi connectivity index (χ4n) is 3.32. The van der Waals surface area contributed by atoms with Crippen LogP contribution < -0.4 is 0 Å². The number of rotatable bonds is 2. The van der Waals surface area contributed by atoms with Crippen molar-refractivity contribution in [3.05, 3.63) is 35.4 Å². The number of amides is 1. The second-order valence-electron chi connectivity index (χ2n) is 6.16. The van der Waals surface area contributed by atoms with E-state index in [-0.39, 0.29) is 24.2 Å². The Hall–Kier alpha value is -2.08. The van der Waals surface area contributed by atoms with Crippen LogP contribution in [-0.4, -0.2) is 61.3 Å². The maximum Gasteiger partial charge on any atom is 0.410 e. The number of benzene rings is 1. The Bertz CT molecular complexity index is 604. The summed E-state index contributed by atoms with van der Waals surface area (Å²) in [6.07, 6.45) is 0.761. The first-order valence-electron chi connectivity index (χ1n) is 7.89. The van der Waals surface area contributed by atoms with Gasteiger partial charge in [0, 0.05) is 26.1 Å². The summed E-state index contributed by atoms with van der Waals surface area (Å²) in [5.41, 5.74) is 2.47. The second kappa shape index (κ2) is 6.58. The third kappa shape index (κ3) is 3.32. The summed E-state index contributed by atoms with van der Waals surface area (Å²) in [4.78, 5) is 27.7. The van der Waals surface area contributed by atoms with Crippen LogP contribution in [0.2, 0.25) is 0 Å². The Labute approximate surface area is 136 Å². The summed E-state index contributed by atoms with van der Waals surface area (Å²) in [7, 11) is 3.22. The van der Waals surface area contributed by atoms with Crippen molar-refractivity contribution in [3.8, 4) is 0 Å². The van der Waals surface area contributed by atoms with Gasteiger partial charge in [-0.2, -0.15) is 0 Å². The summed E-state index contributed by atoms with van der Waals surface area (Å²) in [6.45, 7) is 1.80. The third-order valence-corrected chi connectivity index (χ3v) is 4.64. The lowest BCUT2D eigenvalue weighted by Gasteiger charge is -2.29. The average Bonchev–Trinajstić information content (AvgIpc) is 2.94. The summed E-state index contributed by atoms with van der Waals surface area (Å²) < 4.78 is 10.4. The van der Waals surface area contributed by atoms with Gasteiger partial charge >= 0.3 is 12.1 Å². The molecule has 0 bridgehead atoms. The molecule has 2 aliphatic rings. The highest BCUT2D eigenvalue weighted by Crippen LogP contribution is 2.23. The molecule has 124 valence electrons. The van der Waals surface area contributed by atoms with E-state index in [2.05, 4.69) is 6.07 Å². The summed E-state index contributed by atoms with van der Waals surface area (Å²) in [5, 5.41) is 0. The van der Waals surface area contributed by atoms with Gasteiger partial charge in [-0.3, -0.25) is 9.69 Å². The molecule has 2 atom stereocenters. The Morgan fingerprint density at radius 3 is 2.70 bits per heavy atom. The van der Waals surface area contributed by atoms with Crippen molar-refractivity contribution in [1.29, 1.82) is 0 Å². The first kappa shape index (κ1) is 15.8. The first-order chi connectivity index (χ1) is 11.1. The maximum absolute atomic E-state index is 12.4. The van der Waals surface area contributed by atoms with Crippen LogP contribution in [0.4, 0.5) is 4.79 Å². The normalized spacial score (nSPS) is 24.2. The molecule has 0 aromatic heterocycles. The molecule has 6 heteroatoms. The Morgan fingerprint density at radius 2 is 1.96 bits per heavy atom. The highest BCUT2D eigenvalue weighted by molar-refractivity contribution is 5.76. The van der Waals surface area contributed by atoms with Crippen LogP contribution in [-0.2, 0) is 27.2 Å². The smallest absolute Gasteiger partial charge is 0.410 e. The maximum atomic E-state index is 12.4. The number of carbonyl (C=O) groups is 2. The van der Waals surface area contributed by atoms with Crippen molar-refractivity contribution < 1.29 is 19.1 Å². The summed E-state index contributed by atoms with van der Waals surface area (Å²) in [5.74, 6) is -0.280. The number of fused-ring (bicyclic) bond motifs is 1. The van der Waals surface area contributed by atoms with Crippen LogP contribution in [0, 0.1) is 0 Å². The zero-order valence-corrected chi connectivity index (χ0v) is 13.5. The van der Waals surface area contributed by atoms with Crippen LogP contribution in [0.25, 0.3) is 0 Å². The monoisotopic (exact) mass is 318 g/mol. The highest BCUT2D eigenvalue weighted by Gasteiger charge is 2.38. The van der Waals surface area contributed by atoms with Gasteiger partial charge < -0.3 is 14.4 Å². The molecule has 6 nitrogen and oxygen atoms in total. The molecule has 0 saturated carbocycles. The molecule has 2 unspecified atom stereocenters. The van der Waals surface area contributed by atoms with Crippen LogP contribution in [0.3, 0.4) is 0 Å². The van der Waals surface area contributed by atoms with E-state index < -0.39 is 0 Å². The number of ether oxygens (including phenoxy) is 2. The summed E-state index contributed by atoms with van der Waals surface area (Å²) >= 11 is 0. The van der Waals surface area contributed by atoms with Gasteiger partial charge in [0.25, 0.3) is 0 Å². The minimum Gasteiger partial charge on any atom is -0.468 e. The van der Waals surface area contributed by atoms with E-state index in [0.717, 1.165) is 6.42 Å². The Balaban J connectivity index is 1.57. The van der Waals surface area contributed by atoms with Crippen LogP contribution in [0.15, 0.2) is 24.3 Å². The molecule has 1 amide bonds. The van der Waals surface area contributed by atoms with Gasteiger partial charge in [0.15, 0.2) is 0 Å². The molecular weight excluding hydrogens is 296 g/mol. The highest BCUT2D eigenvalue weighted by atomic mass is 16.6. The molecule has 2 aliphatic heterocycles. The number of hydrogen-bond acceptors (Lipinski definition) is 5. The van der Waals surface area contributed by atoms with E-state index in [0.29, 0.717) is 26.1 Å². The van der Waals surface area contributed by atoms with Gasteiger partial charge in [-0.15, -0.1) is 0 Å². The first-order valence-corrected chi connectivity index (χ1v) is 7.89. The fraction of sp³-hybridized carbons (Fsp3) is 0.529. The third-order valence-electron chi connectivity index (χ3n) is 4.64. The van der Waals surface area contributed by atoms with Gasteiger partial charge in [-0.05, 0) is 24.6 Å². The van der Waals surface area contributed by atoms with Gasteiger partial charge in [-0.25, -0.2) is 4.79 Å². The predicted octanol–water partition coefficient (Wildman–Crippen LogP) is 1.43. The minimum atomic E-state index is -0.333. The standard InChI is InChI=1S/C17H22N2O4/c1-18-11-14(9-15(18)16(20)22-2)23-17(21)19-8-7-12-5-3-4-6-13(12)10-19/h3-6,14-15H,7-11H2,1-2H3. The van der Waals surface area contributed by atoms with Gasteiger partial charge in [-0.1, -0.05) is 24.3 Å². The second-order valence-corrected chi connectivity index (χ2v) is 6.16. The minimum absolute atomic E-state index is 0.270. The van der Waals surface area contributed by atoms with Crippen LogP contribution >= 0.6 is 0 Å². The molecule has 3 rings (SSSR count). The molecule has 1 saturated heterocycles. The Morgan fingerprint density at radius 1 is 1.22 bits per heavy atom. The van der Waals surface area contributed by atoms with Gasteiger partial charge in [0.1, 0.15) is 12.1 Å². The lowest BCUT2D eigenvalue weighted by molar-refractivity contribution is -0.145. The van der Waals surface area contributed by atoms with E-state index in [1.807, 2.05) is 30.1 Å². The Kier molecular flexibility index (Phi) is 4.52. The van der Waals surface area contributed by atoms with E-state index in [1.54, 1.807) is 4.90 Å². The van der Waals surface area contributed by atoms with Crippen molar-refractivity contribution in [1.82, 2.24) is 9.80 Å². The molecule has 23 heavy (non-hydrogen) atoms. The summed E-state index contributed by atoms with van der Waals surface area (Å²) in [6, 6.07) is 7.82. The van der Waals surface area contributed by atoms with Crippen molar-refractivity contribution in [3.63, 3.8) is 0 Å². The van der Waals surface area contributed by atoms with E-state index in [4.69, 9.17) is 9.47 Å². The molecule has 1 aromatic carbocycles. The van der Waals surface area contributed by atoms with Gasteiger partial charge in [0.2, 0.25) is 0 Å². The SMILES string of the molecule is COC(=O)C1CC(OC(=O)N2CCc3ccccc3C2)CN1C. The topological polar surface area (TPSA) is 59.1 Å². The van der Waals surface area contributed by atoms with Crippen molar-refractivity contribution in [2.24, 2.45) is 0 Å². The van der Waals surface area contributed by atoms with Crippen molar-refractivity contribution in [2.75, 3.05) is 27.2 Å². The molecule has 2 heterocycles. The van der Waals surface area contributed by atoms with Crippen LogP contribution in [0.5, 0.6) is 0 Å². The number of methoxy groups -OCH3 is 1. The van der Waals surface area contributed by atoms with E-state index in [1.165, 1.54) is 18.2 Å². The van der Waals surface area contributed by atoms with Crippen LogP contribution in [0.1, 0.15) is 17.5 Å². The molecule has 0 radical (unpaired) electrons. The molecule has 0 N–H and O–H groups in total. The number of likely N-dealkylation sites (N-methyl/N-ethyl adjacent to an activating group) is 1. The number of carbonyl (C=O) groups excluding carboxylic acids is 2. The fourth-order valence-corrected chi connectivity index (χ4v) is 3.32. The molecule has 1 aromatic rings. The van der Waals surface area contributed by atoms with E-state index >= 15 is 0 Å². The number of esters is 1. The number of nitrogens with zero attached hydrogens (tertiary/aromatic N) is 2.